The van der Waals surface area contributed by atoms with E-state index in [4.69, 9.17) is 4.74 Å². The van der Waals surface area contributed by atoms with Crippen molar-refractivity contribution in [3.8, 4) is 5.75 Å². The lowest BCUT2D eigenvalue weighted by molar-refractivity contribution is -0.137. The van der Waals surface area contributed by atoms with E-state index in [0.29, 0.717) is 24.6 Å². The first kappa shape index (κ1) is 12.6. The largest absolute Gasteiger partial charge is 0.491 e. The maximum Gasteiger partial charge on any atom is 0.416 e. The van der Waals surface area contributed by atoms with Crippen LogP contribution in [0.4, 0.5) is 18.9 Å². The molecule has 0 aromatic heterocycles. The summed E-state index contributed by atoms with van der Waals surface area (Å²) in [5, 5.41) is 3.15. The number of fused-ring (bicyclic) bond motifs is 1. The summed E-state index contributed by atoms with van der Waals surface area (Å²) in [6.07, 6.45) is 0.207. The molecule has 2 nitrogen and oxygen atoms in total. The number of nitrogens with one attached hydrogen (secondary N) is 1. The molecule has 1 aromatic rings. The molecule has 0 atom stereocenters. The summed E-state index contributed by atoms with van der Waals surface area (Å²) in [6.45, 7) is 1.29. The predicted molar refractivity (Wildman–Crippen MR) is 66.3 cm³/mol. The number of alkyl halides is 3. The van der Waals surface area contributed by atoms with E-state index in [1.807, 2.05) is 0 Å². The standard InChI is InChI=1S/C14H16F3NO/c15-14(16,17)10-3-4-12-11(7-10)18-8-13(9-19-12)5-1-2-6-13/h3-4,7,18H,1-2,5-6,8-9H2. The van der Waals surface area contributed by atoms with Gasteiger partial charge in [0.1, 0.15) is 5.75 Å². The van der Waals surface area contributed by atoms with E-state index >= 15 is 0 Å². The Morgan fingerprint density at radius 2 is 1.89 bits per heavy atom. The van der Waals surface area contributed by atoms with Gasteiger partial charge in [0.2, 0.25) is 0 Å². The second-order valence-corrected chi connectivity index (χ2v) is 5.56. The van der Waals surface area contributed by atoms with Crippen molar-refractivity contribution in [3.05, 3.63) is 23.8 Å². The number of halogens is 3. The summed E-state index contributed by atoms with van der Waals surface area (Å²) >= 11 is 0. The Kier molecular flexibility index (Phi) is 2.87. The second kappa shape index (κ2) is 4.32. The Labute approximate surface area is 109 Å². The summed E-state index contributed by atoms with van der Waals surface area (Å²) < 4.78 is 43.8. The number of ether oxygens (including phenoxy) is 1. The van der Waals surface area contributed by atoms with Crippen molar-refractivity contribution in [1.82, 2.24) is 0 Å². The van der Waals surface area contributed by atoms with Gasteiger partial charge in [0.25, 0.3) is 0 Å². The van der Waals surface area contributed by atoms with Gasteiger partial charge in [-0.15, -0.1) is 0 Å². The molecule has 0 unspecified atom stereocenters. The lowest BCUT2D eigenvalue weighted by Gasteiger charge is -2.25. The molecular weight excluding hydrogens is 255 g/mol. The number of hydrogen-bond donors (Lipinski definition) is 1. The third-order valence-corrected chi connectivity index (χ3v) is 4.16. The Hall–Kier alpha value is -1.39. The minimum absolute atomic E-state index is 0.0947. The molecule has 2 aliphatic rings. The van der Waals surface area contributed by atoms with Crippen LogP contribution in [0, 0.1) is 5.41 Å². The van der Waals surface area contributed by atoms with Crippen molar-refractivity contribution in [2.24, 2.45) is 5.41 Å². The zero-order chi connectivity index (χ0) is 13.5. The monoisotopic (exact) mass is 271 g/mol. The van der Waals surface area contributed by atoms with Crippen LogP contribution in [0.15, 0.2) is 18.2 Å². The van der Waals surface area contributed by atoms with Crippen LogP contribution in [0.3, 0.4) is 0 Å². The zero-order valence-corrected chi connectivity index (χ0v) is 10.5. The summed E-state index contributed by atoms with van der Waals surface area (Å²) in [5.74, 6) is 0.525. The van der Waals surface area contributed by atoms with Gasteiger partial charge in [-0.3, -0.25) is 0 Å². The summed E-state index contributed by atoms with van der Waals surface area (Å²) in [4.78, 5) is 0. The third kappa shape index (κ3) is 2.38. The molecule has 3 rings (SSSR count). The quantitative estimate of drug-likeness (QED) is 0.768. The van der Waals surface area contributed by atoms with Crippen LogP contribution in [0.1, 0.15) is 31.2 Å². The van der Waals surface area contributed by atoms with E-state index in [0.717, 1.165) is 25.0 Å². The molecule has 1 aliphatic carbocycles. The second-order valence-electron chi connectivity index (χ2n) is 5.56. The molecule has 0 bridgehead atoms. The zero-order valence-electron chi connectivity index (χ0n) is 10.5. The van der Waals surface area contributed by atoms with Gasteiger partial charge in [0, 0.05) is 12.0 Å². The minimum atomic E-state index is -4.31. The average molecular weight is 271 g/mol. The van der Waals surface area contributed by atoms with Crippen LogP contribution in [0.25, 0.3) is 0 Å². The topological polar surface area (TPSA) is 21.3 Å². The van der Waals surface area contributed by atoms with E-state index in [-0.39, 0.29) is 5.41 Å². The molecule has 104 valence electrons. The van der Waals surface area contributed by atoms with Crippen molar-refractivity contribution < 1.29 is 17.9 Å². The fourth-order valence-electron chi connectivity index (χ4n) is 2.98. The van der Waals surface area contributed by atoms with Crippen LogP contribution in [-0.2, 0) is 6.18 Å². The normalized spacial score (nSPS) is 21.4. The number of anilines is 1. The molecule has 0 saturated heterocycles. The number of rotatable bonds is 0. The maximum atomic E-state index is 12.7. The molecule has 19 heavy (non-hydrogen) atoms. The molecule has 1 aromatic carbocycles. The van der Waals surface area contributed by atoms with E-state index in [1.165, 1.54) is 18.9 Å². The van der Waals surface area contributed by atoms with Crippen LogP contribution < -0.4 is 10.1 Å². The van der Waals surface area contributed by atoms with Crippen LogP contribution >= 0.6 is 0 Å². The van der Waals surface area contributed by atoms with E-state index in [9.17, 15) is 13.2 Å². The molecule has 1 N–H and O–H groups in total. The van der Waals surface area contributed by atoms with Gasteiger partial charge >= 0.3 is 6.18 Å². The lowest BCUT2D eigenvalue weighted by Crippen LogP contribution is -2.30. The molecule has 0 amide bonds. The predicted octanol–water partition coefficient (Wildman–Crippen LogP) is 4.07. The molecule has 1 spiro atoms. The maximum absolute atomic E-state index is 12.7. The summed E-state index contributed by atoms with van der Waals surface area (Å²) in [7, 11) is 0. The fraction of sp³-hybridized carbons (Fsp3) is 0.571. The Balaban J connectivity index is 1.86. The molecular formula is C14H16F3NO. The third-order valence-electron chi connectivity index (χ3n) is 4.16. The highest BCUT2D eigenvalue weighted by Gasteiger charge is 2.37. The molecule has 1 heterocycles. The highest BCUT2D eigenvalue weighted by atomic mass is 19.4. The number of benzene rings is 1. The van der Waals surface area contributed by atoms with E-state index < -0.39 is 11.7 Å². The highest BCUT2D eigenvalue weighted by Crippen LogP contribution is 2.43. The van der Waals surface area contributed by atoms with Crippen molar-refractivity contribution in [2.45, 2.75) is 31.9 Å². The first-order valence-electron chi connectivity index (χ1n) is 6.57. The first-order valence-corrected chi connectivity index (χ1v) is 6.57. The van der Waals surface area contributed by atoms with Crippen LogP contribution in [0.5, 0.6) is 5.75 Å². The van der Waals surface area contributed by atoms with E-state index in [1.54, 1.807) is 0 Å². The molecule has 1 fully saturated rings. The van der Waals surface area contributed by atoms with Gasteiger partial charge in [0.05, 0.1) is 17.9 Å². The molecule has 1 saturated carbocycles. The molecule has 0 radical (unpaired) electrons. The summed E-state index contributed by atoms with van der Waals surface area (Å²) in [5.41, 5.74) is -0.0828. The van der Waals surface area contributed by atoms with Crippen molar-refractivity contribution in [3.63, 3.8) is 0 Å². The van der Waals surface area contributed by atoms with Crippen molar-refractivity contribution in [1.29, 1.82) is 0 Å². The molecule has 5 heteroatoms. The summed E-state index contributed by atoms with van der Waals surface area (Å²) in [6, 6.07) is 3.63. The fourth-order valence-corrected chi connectivity index (χ4v) is 2.98. The first-order chi connectivity index (χ1) is 8.99. The van der Waals surface area contributed by atoms with Crippen molar-refractivity contribution in [2.75, 3.05) is 18.5 Å². The average Bonchev–Trinajstić information content (AvgIpc) is 2.74. The van der Waals surface area contributed by atoms with Crippen LogP contribution in [-0.4, -0.2) is 13.2 Å². The van der Waals surface area contributed by atoms with Crippen LogP contribution in [0.2, 0.25) is 0 Å². The van der Waals surface area contributed by atoms with Gasteiger partial charge in [-0.25, -0.2) is 0 Å². The smallest absolute Gasteiger partial charge is 0.416 e. The highest BCUT2D eigenvalue weighted by molar-refractivity contribution is 5.59. The lowest BCUT2D eigenvalue weighted by atomic mass is 9.87. The molecule has 1 aliphatic heterocycles. The Bertz CT molecular complexity index is 478. The van der Waals surface area contributed by atoms with Gasteiger partial charge in [-0.1, -0.05) is 12.8 Å². The van der Waals surface area contributed by atoms with Crippen molar-refractivity contribution >= 4 is 5.69 Å². The van der Waals surface area contributed by atoms with Gasteiger partial charge < -0.3 is 10.1 Å². The van der Waals surface area contributed by atoms with E-state index in [2.05, 4.69) is 5.32 Å². The number of hydrogen-bond acceptors (Lipinski definition) is 2. The SMILES string of the molecule is FC(F)(F)c1ccc2c(c1)NCC1(CCCC1)CO2. The van der Waals surface area contributed by atoms with Gasteiger partial charge in [-0.2, -0.15) is 13.2 Å². The van der Waals surface area contributed by atoms with Gasteiger partial charge in [-0.05, 0) is 31.0 Å². The Morgan fingerprint density at radius 1 is 1.16 bits per heavy atom. The minimum Gasteiger partial charge on any atom is -0.491 e. The Morgan fingerprint density at radius 3 is 2.58 bits per heavy atom. The van der Waals surface area contributed by atoms with Gasteiger partial charge in [0.15, 0.2) is 0 Å².